The molecule has 0 aliphatic carbocycles. The number of hydrogen-bond acceptors (Lipinski definition) is 6. The summed E-state index contributed by atoms with van der Waals surface area (Å²) >= 11 is 0. The monoisotopic (exact) mass is 355 g/mol. The van der Waals surface area contributed by atoms with Gasteiger partial charge in [0.15, 0.2) is 0 Å². The van der Waals surface area contributed by atoms with E-state index in [4.69, 9.17) is 13.9 Å². The molecule has 1 saturated heterocycles. The molecular weight excluding hydrogens is 334 g/mol. The van der Waals surface area contributed by atoms with Gasteiger partial charge in [-0.25, -0.2) is 0 Å². The predicted molar refractivity (Wildman–Crippen MR) is 93.6 cm³/mol. The van der Waals surface area contributed by atoms with Crippen molar-refractivity contribution in [2.24, 2.45) is 0 Å². The molecule has 0 bridgehead atoms. The van der Waals surface area contributed by atoms with E-state index in [0.717, 1.165) is 11.3 Å². The zero-order valence-corrected chi connectivity index (χ0v) is 14.8. The van der Waals surface area contributed by atoms with E-state index in [0.29, 0.717) is 37.1 Å². The number of aromatic nitrogens is 2. The van der Waals surface area contributed by atoms with Crippen LogP contribution in [0.3, 0.4) is 0 Å². The second-order valence-electron chi connectivity index (χ2n) is 6.72. The molecule has 7 heteroatoms. The second-order valence-corrected chi connectivity index (χ2v) is 6.72. The molecule has 1 fully saturated rings. The molecule has 0 saturated carbocycles. The van der Waals surface area contributed by atoms with Gasteiger partial charge in [0.25, 0.3) is 5.91 Å². The number of ether oxygens (including phenoxy) is 2. The van der Waals surface area contributed by atoms with Crippen LogP contribution < -0.4 is 4.74 Å². The van der Waals surface area contributed by atoms with Gasteiger partial charge in [-0.05, 0) is 12.1 Å². The van der Waals surface area contributed by atoms with Gasteiger partial charge in [-0.3, -0.25) is 4.79 Å². The third-order valence-electron chi connectivity index (χ3n) is 4.53. The molecule has 26 heavy (non-hydrogen) atoms. The number of nitrogens with zero attached hydrogens (tertiary/aromatic N) is 3. The highest BCUT2D eigenvalue weighted by Gasteiger charge is 2.35. The van der Waals surface area contributed by atoms with Gasteiger partial charge < -0.3 is 18.8 Å². The highest BCUT2D eigenvalue weighted by Crippen LogP contribution is 2.30. The van der Waals surface area contributed by atoms with E-state index in [1.807, 2.05) is 44.2 Å². The van der Waals surface area contributed by atoms with Crippen molar-refractivity contribution in [3.63, 3.8) is 0 Å². The predicted octanol–water partition coefficient (Wildman–Crippen LogP) is 2.57. The van der Waals surface area contributed by atoms with Gasteiger partial charge in [0, 0.05) is 18.0 Å². The Hall–Kier alpha value is -2.67. The Bertz CT molecular complexity index is 843. The molecule has 136 valence electrons. The second kappa shape index (κ2) is 6.92. The molecule has 2 aliphatic heterocycles. The molecule has 3 heterocycles. The summed E-state index contributed by atoms with van der Waals surface area (Å²) in [5.41, 5.74) is 1.52. The molecule has 1 aromatic heterocycles. The first-order chi connectivity index (χ1) is 12.6. The third-order valence-corrected chi connectivity index (χ3v) is 4.53. The number of rotatable bonds is 3. The van der Waals surface area contributed by atoms with Crippen LogP contribution in [0.2, 0.25) is 0 Å². The van der Waals surface area contributed by atoms with Gasteiger partial charge in [0.1, 0.15) is 18.4 Å². The van der Waals surface area contributed by atoms with Crippen molar-refractivity contribution < 1.29 is 18.7 Å². The van der Waals surface area contributed by atoms with E-state index in [1.54, 1.807) is 4.90 Å². The lowest BCUT2D eigenvalue weighted by Gasteiger charge is -2.34. The first-order valence-corrected chi connectivity index (χ1v) is 8.78. The standard InChI is InChI=1S/C19H21N3O4/c1-12(2)17-20-21-18(26-17)15-11-24-8-7-22(15)19(23)14-9-13-5-3-4-6-16(13)25-10-14/h3-6,9,12,15H,7-8,10-11H2,1-2H3/t15-/m1/s1. The van der Waals surface area contributed by atoms with Gasteiger partial charge in [0.2, 0.25) is 11.8 Å². The van der Waals surface area contributed by atoms with E-state index >= 15 is 0 Å². The largest absolute Gasteiger partial charge is 0.488 e. The first-order valence-electron chi connectivity index (χ1n) is 8.78. The molecule has 0 unspecified atom stereocenters. The van der Waals surface area contributed by atoms with Crippen molar-refractivity contribution in [3.05, 3.63) is 47.2 Å². The highest BCUT2D eigenvalue weighted by molar-refractivity contribution is 5.99. The zero-order valence-electron chi connectivity index (χ0n) is 14.8. The maximum atomic E-state index is 13.1. The molecule has 4 rings (SSSR count). The summed E-state index contributed by atoms with van der Waals surface area (Å²) in [4.78, 5) is 14.9. The van der Waals surface area contributed by atoms with Crippen LogP contribution in [-0.2, 0) is 9.53 Å². The van der Waals surface area contributed by atoms with Crippen LogP contribution in [0.15, 0.2) is 34.3 Å². The Kier molecular flexibility index (Phi) is 4.46. The minimum Gasteiger partial charge on any atom is -0.488 e. The maximum absolute atomic E-state index is 13.1. The molecule has 0 spiro atoms. The molecular formula is C19H21N3O4. The fraction of sp³-hybridized carbons (Fsp3) is 0.421. The van der Waals surface area contributed by atoms with Crippen molar-refractivity contribution in [1.29, 1.82) is 0 Å². The number of hydrogen-bond donors (Lipinski definition) is 0. The van der Waals surface area contributed by atoms with Crippen LogP contribution in [0.1, 0.15) is 43.2 Å². The number of benzene rings is 1. The summed E-state index contributed by atoms with van der Waals surface area (Å²) in [6, 6.07) is 7.30. The SMILES string of the molecule is CC(C)c1nnc([C@H]2COCCN2C(=O)C2=Cc3ccccc3OC2)o1. The fourth-order valence-corrected chi connectivity index (χ4v) is 3.09. The third kappa shape index (κ3) is 3.10. The molecule has 0 N–H and O–H groups in total. The zero-order chi connectivity index (χ0) is 18.1. The molecule has 2 aromatic rings. The number of fused-ring (bicyclic) bond motifs is 1. The van der Waals surface area contributed by atoms with E-state index in [-0.39, 0.29) is 24.5 Å². The Balaban J connectivity index is 1.60. The molecule has 1 atom stereocenters. The van der Waals surface area contributed by atoms with Gasteiger partial charge in [-0.15, -0.1) is 10.2 Å². The lowest BCUT2D eigenvalue weighted by atomic mass is 10.1. The van der Waals surface area contributed by atoms with E-state index in [1.165, 1.54) is 0 Å². The van der Waals surface area contributed by atoms with Crippen LogP contribution in [0, 0.1) is 0 Å². The van der Waals surface area contributed by atoms with Crippen molar-refractivity contribution in [3.8, 4) is 5.75 Å². The summed E-state index contributed by atoms with van der Waals surface area (Å²) < 4.78 is 17.0. The lowest BCUT2D eigenvalue weighted by Crippen LogP contribution is -2.45. The molecule has 1 amide bonds. The summed E-state index contributed by atoms with van der Waals surface area (Å²) in [6.07, 6.45) is 1.89. The Labute approximate surface area is 151 Å². The van der Waals surface area contributed by atoms with Crippen molar-refractivity contribution >= 4 is 12.0 Å². The molecule has 0 radical (unpaired) electrons. The van der Waals surface area contributed by atoms with E-state index in [2.05, 4.69) is 10.2 Å². The van der Waals surface area contributed by atoms with Crippen LogP contribution >= 0.6 is 0 Å². The summed E-state index contributed by atoms with van der Waals surface area (Å²) in [5.74, 6) is 1.82. The summed E-state index contributed by atoms with van der Waals surface area (Å²) in [5, 5.41) is 8.21. The van der Waals surface area contributed by atoms with Crippen LogP contribution in [0.4, 0.5) is 0 Å². The van der Waals surface area contributed by atoms with E-state index < -0.39 is 0 Å². The number of amides is 1. The minimum atomic E-state index is -0.380. The summed E-state index contributed by atoms with van der Waals surface area (Å²) in [7, 11) is 0. The van der Waals surface area contributed by atoms with Crippen LogP contribution in [-0.4, -0.2) is 47.4 Å². The number of morpholine rings is 1. The molecule has 7 nitrogen and oxygen atoms in total. The quantitative estimate of drug-likeness (QED) is 0.842. The van der Waals surface area contributed by atoms with Crippen molar-refractivity contribution in [2.45, 2.75) is 25.8 Å². The average Bonchev–Trinajstić information content (AvgIpc) is 3.17. The molecule has 2 aliphatic rings. The summed E-state index contributed by atoms with van der Waals surface area (Å²) in [6.45, 7) is 5.52. The lowest BCUT2D eigenvalue weighted by molar-refractivity contribution is -0.137. The maximum Gasteiger partial charge on any atom is 0.254 e. The molecule has 1 aromatic carbocycles. The Morgan fingerprint density at radius 3 is 2.92 bits per heavy atom. The smallest absolute Gasteiger partial charge is 0.254 e. The van der Waals surface area contributed by atoms with Crippen LogP contribution in [0.5, 0.6) is 5.75 Å². The number of carbonyl (C=O) groups excluding carboxylic acids is 1. The van der Waals surface area contributed by atoms with Gasteiger partial charge in [-0.1, -0.05) is 32.0 Å². The Morgan fingerprint density at radius 1 is 1.27 bits per heavy atom. The van der Waals surface area contributed by atoms with Crippen molar-refractivity contribution in [1.82, 2.24) is 15.1 Å². The first kappa shape index (κ1) is 16.8. The average molecular weight is 355 g/mol. The topological polar surface area (TPSA) is 77.7 Å². The number of para-hydroxylation sites is 1. The van der Waals surface area contributed by atoms with Crippen LogP contribution in [0.25, 0.3) is 6.08 Å². The fourth-order valence-electron chi connectivity index (χ4n) is 3.09. The number of carbonyl (C=O) groups is 1. The normalized spacial score (nSPS) is 19.7. The highest BCUT2D eigenvalue weighted by atomic mass is 16.5. The van der Waals surface area contributed by atoms with Gasteiger partial charge in [-0.2, -0.15) is 0 Å². The van der Waals surface area contributed by atoms with E-state index in [9.17, 15) is 4.79 Å². The van der Waals surface area contributed by atoms with Crippen molar-refractivity contribution in [2.75, 3.05) is 26.4 Å². The van der Waals surface area contributed by atoms with Gasteiger partial charge in [0.05, 0.1) is 18.8 Å². The minimum absolute atomic E-state index is 0.0860. The Morgan fingerprint density at radius 2 is 2.12 bits per heavy atom. The van der Waals surface area contributed by atoms with Gasteiger partial charge >= 0.3 is 0 Å².